The SMILES string of the molecule is N#CC(C(=O)Nc1ccccc1)C(=O)c1nn(-c2ccccc2)c2c1COc1ccc(Br)cc1-2. The van der Waals surface area contributed by atoms with Gasteiger partial charge in [-0.15, -0.1) is 0 Å². The van der Waals surface area contributed by atoms with Gasteiger partial charge in [-0.1, -0.05) is 52.3 Å². The standard InChI is InChI=1S/C26H17BrN4O3/c27-16-11-12-22-19(13-16)24-21(15-34-22)23(30-31(24)18-9-5-2-6-10-18)25(32)20(14-28)26(33)29-17-7-3-1-4-8-17/h1-13,20H,15H2,(H,29,33). The van der Waals surface area contributed by atoms with Gasteiger partial charge in [-0.3, -0.25) is 9.59 Å². The van der Waals surface area contributed by atoms with Crippen molar-refractivity contribution < 1.29 is 14.3 Å². The minimum Gasteiger partial charge on any atom is -0.488 e. The largest absolute Gasteiger partial charge is 0.488 e. The summed E-state index contributed by atoms with van der Waals surface area (Å²) in [6, 6.07) is 25.5. The van der Waals surface area contributed by atoms with Crippen LogP contribution in [-0.2, 0) is 11.4 Å². The highest BCUT2D eigenvalue weighted by atomic mass is 79.9. The number of rotatable bonds is 5. The summed E-state index contributed by atoms with van der Waals surface area (Å²) in [5.41, 5.74) is 3.27. The first-order chi connectivity index (χ1) is 16.6. The number of halogens is 1. The maximum Gasteiger partial charge on any atom is 0.249 e. The Morgan fingerprint density at radius 1 is 1.06 bits per heavy atom. The van der Waals surface area contributed by atoms with E-state index in [0.717, 1.165) is 15.7 Å². The lowest BCUT2D eigenvalue weighted by atomic mass is 9.96. The van der Waals surface area contributed by atoms with E-state index in [1.807, 2.05) is 54.6 Å². The Bertz CT molecular complexity index is 1440. The monoisotopic (exact) mass is 512 g/mol. The van der Waals surface area contributed by atoms with Gasteiger partial charge in [0.25, 0.3) is 0 Å². The first-order valence-corrected chi connectivity index (χ1v) is 11.3. The Labute approximate surface area is 203 Å². The molecule has 1 aliphatic heterocycles. The van der Waals surface area contributed by atoms with E-state index in [4.69, 9.17) is 4.74 Å². The number of ether oxygens (including phenoxy) is 1. The van der Waals surface area contributed by atoms with Crippen LogP contribution in [0.3, 0.4) is 0 Å². The van der Waals surface area contributed by atoms with Crippen molar-refractivity contribution in [3.8, 4) is 28.8 Å². The highest BCUT2D eigenvalue weighted by Gasteiger charge is 2.36. The number of carbonyl (C=O) groups is 2. The Morgan fingerprint density at radius 3 is 2.47 bits per heavy atom. The molecule has 0 bridgehead atoms. The molecule has 8 heteroatoms. The molecule has 0 fully saturated rings. The minimum absolute atomic E-state index is 0.0410. The Morgan fingerprint density at radius 2 is 1.76 bits per heavy atom. The van der Waals surface area contributed by atoms with Gasteiger partial charge in [0.2, 0.25) is 11.7 Å². The maximum absolute atomic E-state index is 13.5. The van der Waals surface area contributed by atoms with Crippen molar-refractivity contribution in [2.24, 2.45) is 5.92 Å². The number of nitrogens with zero attached hydrogens (tertiary/aromatic N) is 3. The molecular weight excluding hydrogens is 496 g/mol. The van der Waals surface area contributed by atoms with Crippen molar-refractivity contribution in [2.45, 2.75) is 6.61 Å². The van der Waals surface area contributed by atoms with Crippen LogP contribution in [0.15, 0.2) is 83.3 Å². The zero-order chi connectivity index (χ0) is 23.7. The molecule has 166 valence electrons. The van der Waals surface area contributed by atoms with E-state index in [2.05, 4.69) is 26.3 Å². The summed E-state index contributed by atoms with van der Waals surface area (Å²) in [5, 5.41) is 16.9. The molecule has 0 aliphatic carbocycles. The summed E-state index contributed by atoms with van der Waals surface area (Å²) >= 11 is 3.50. The molecular formula is C26H17BrN4O3. The van der Waals surface area contributed by atoms with Crippen LogP contribution in [0.1, 0.15) is 16.1 Å². The molecule has 1 atom stereocenters. The Kier molecular flexibility index (Phi) is 5.70. The van der Waals surface area contributed by atoms with E-state index in [9.17, 15) is 14.9 Å². The summed E-state index contributed by atoms with van der Waals surface area (Å²) in [7, 11) is 0. The first-order valence-electron chi connectivity index (χ1n) is 10.5. The highest BCUT2D eigenvalue weighted by molar-refractivity contribution is 9.10. The third-order valence-electron chi connectivity index (χ3n) is 5.48. The molecule has 0 saturated heterocycles. The second kappa shape index (κ2) is 8.96. The van der Waals surface area contributed by atoms with Gasteiger partial charge in [-0.05, 0) is 42.5 Å². The first kappa shape index (κ1) is 21.6. The number of fused-ring (bicyclic) bond motifs is 3. The molecule has 2 heterocycles. The van der Waals surface area contributed by atoms with E-state index in [-0.39, 0.29) is 12.3 Å². The van der Waals surface area contributed by atoms with Gasteiger partial charge < -0.3 is 10.1 Å². The number of nitrogens with one attached hydrogen (secondary N) is 1. The number of benzene rings is 3. The number of carbonyl (C=O) groups excluding carboxylic acids is 2. The zero-order valence-corrected chi connectivity index (χ0v) is 19.3. The Hall–Kier alpha value is -4.22. The second-order valence-electron chi connectivity index (χ2n) is 7.63. The molecule has 1 N–H and O–H groups in total. The van der Waals surface area contributed by atoms with Crippen LogP contribution in [0.4, 0.5) is 5.69 Å². The molecule has 0 saturated carbocycles. The van der Waals surface area contributed by atoms with Crippen LogP contribution in [0.5, 0.6) is 5.75 Å². The summed E-state index contributed by atoms with van der Waals surface area (Å²) in [6.07, 6.45) is 0. The van der Waals surface area contributed by atoms with E-state index in [1.54, 1.807) is 35.0 Å². The van der Waals surface area contributed by atoms with Crippen LogP contribution in [-0.4, -0.2) is 21.5 Å². The van der Waals surface area contributed by atoms with E-state index >= 15 is 0 Å². The maximum atomic E-state index is 13.5. The Balaban J connectivity index is 1.61. The zero-order valence-electron chi connectivity index (χ0n) is 17.7. The van der Waals surface area contributed by atoms with Gasteiger partial charge >= 0.3 is 0 Å². The van der Waals surface area contributed by atoms with Crippen LogP contribution >= 0.6 is 15.9 Å². The number of anilines is 1. The molecule has 7 nitrogen and oxygen atoms in total. The minimum atomic E-state index is -1.56. The molecule has 5 rings (SSSR count). The van der Waals surface area contributed by atoms with Crippen LogP contribution in [0.25, 0.3) is 16.9 Å². The fourth-order valence-corrected chi connectivity index (χ4v) is 4.25. The van der Waals surface area contributed by atoms with Crippen molar-refractivity contribution in [1.82, 2.24) is 9.78 Å². The van der Waals surface area contributed by atoms with Crippen molar-refractivity contribution in [3.63, 3.8) is 0 Å². The quantitative estimate of drug-likeness (QED) is 0.294. The smallest absolute Gasteiger partial charge is 0.249 e. The topological polar surface area (TPSA) is 97.0 Å². The molecule has 4 aromatic rings. The number of Topliss-reactive ketones (excluding diaryl/α,β-unsaturated/α-hetero) is 1. The molecule has 34 heavy (non-hydrogen) atoms. The molecule has 0 spiro atoms. The van der Waals surface area contributed by atoms with Crippen molar-refractivity contribution in [1.29, 1.82) is 5.26 Å². The number of amides is 1. The third-order valence-corrected chi connectivity index (χ3v) is 5.97. The summed E-state index contributed by atoms with van der Waals surface area (Å²) in [4.78, 5) is 26.3. The molecule has 3 aromatic carbocycles. The summed E-state index contributed by atoms with van der Waals surface area (Å²) < 4.78 is 8.41. The number of ketones is 1. The van der Waals surface area contributed by atoms with Gasteiger partial charge in [0.15, 0.2) is 5.92 Å². The number of aromatic nitrogens is 2. The average Bonchev–Trinajstić information content (AvgIpc) is 3.26. The van der Waals surface area contributed by atoms with Crippen molar-refractivity contribution >= 4 is 33.3 Å². The number of hydrogen-bond donors (Lipinski definition) is 1. The lowest BCUT2D eigenvalue weighted by Gasteiger charge is -2.20. The van der Waals surface area contributed by atoms with Gasteiger partial charge in [-0.25, -0.2) is 4.68 Å². The number of nitriles is 1. The number of para-hydroxylation sites is 2. The van der Waals surface area contributed by atoms with Crippen LogP contribution < -0.4 is 10.1 Å². The van der Waals surface area contributed by atoms with Gasteiger partial charge in [-0.2, -0.15) is 10.4 Å². The lowest BCUT2D eigenvalue weighted by Crippen LogP contribution is -2.29. The second-order valence-corrected chi connectivity index (χ2v) is 8.55. The van der Waals surface area contributed by atoms with E-state index in [0.29, 0.717) is 22.7 Å². The van der Waals surface area contributed by atoms with Crippen LogP contribution in [0.2, 0.25) is 0 Å². The molecule has 1 amide bonds. The van der Waals surface area contributed by atoms with Gasteiger partial charge in [0.1, 0.15) is 18.1 Å². The van der Waals surface area contributed by atoms with Crippen molar-refractivity contribution in [3.05, 3.63) is 94.6 Å². The third kappa shape index (κ3) is 3.87. The van der Waals surface area contributed by atoms with Gasteiger partial charge in [0.05, 0.1) is 17.5 Å². The predicted molar refractivity (Wildman–Crippen MR) is 130 cm³/mol. The van der Waals surface area contributed by atoms with Crippen LogP contribution in [0, 0.1) is 17.2 Å². The lowest BCUT2D eigenvalue weighted by molar-refractivity contribution is -0.117. The fourth-order valence-electron chi connectivity index (χ4n) is 3.89. The fraction of sp³-hybridized carbons (Fsp3) is 0.0769. The van der Waals surface area contributed by atoms with Crippen molar-refractivity contribution in [2.75, 3.05) is 5.32 Å². The predicted octanol–water partition coefficient (Wildman–Crippen LogP) is 5.16. The molecule has 1 aliphatic rings. The van der Waals surface area contributed by atoms with E-state index in [1.165, 1.54) is 0 Å². The average molecular weight is 513 g/mol. The van der Waals surface area contributed by atoms with E-state index < -0.39 is 17.6 Å². The highest BCUT2D eigenvalue weighted by Crippen LogP contribution is 2.41. The number of hydrogen-bond acceptors (Lipinski definition) is 5. The molecule has 1 aromatic heterocycles. The summed E-state index contributed by atoms with van der Waals surface area (Å²) in [5.74, 6) is -2.29. The molecule has 0 radical (unpaired) electrons. The normalized spacial score (nSPS) is 12.5. The molecule has 1 unspecified atom stereocenters. The summed E-state index contributed by atoms with van der Waals surface area (Å²) in [6.45, 7) is 0.0936. The van der Waals surface area contributed by atoms with Gasteiger partial charge in [0, 0.05) is 21.3 Å².